The molecule has 6 heteroatoms. The first kappa shape index (κ1) is 11.3. The van der Waals surface area contributed by atoms with E-state index in [4.69, 9.17) is 0 Å². The van der Waals surface area contributed by atoms with E-state index in [0.717, 1.165) is 11.4 Å². The van der Waals surface area contributed by atoms with E-state index in [1.54, 1.807) is 29.2 Å². The van der Waals surface area contributed by atoms with Crippen molar-refractivity contribution in [1.82, 2.24) is 14.8 Å². The molecule has 3 rings (SSSR count). The molecule has 0 spiro atoms. The highest BCUT2D eigenvalue weighted by Crippen LogP contribution is 2.29. The Morgan fingerprint density at radius 1 is 1.21 bits per heavy atom. The van der Waals surface area contributed by atoms with E-state index in [1.165, 1.54) is 6.07 Å². The molecule has 0 bridgehead atoms. The Balaban J connectivity index is 2.34. The van der Waals surface area contributed by atoms with Crippen LogP contribution in [0.15, 0.2) is 42.9 Å². The van der Waals surface area contributed by atoms with Crippen molar-refractivity contribution in [3.63, 3.8) is 0 Å². The Morgan fingerprint density at radius 3 is 2.74 bits per heavy atom. The Labute approximate surface area is 108 Å². The molecule has 0 aliphatic rings. The highest BCUT2D eigenvalue weighted by atomic mass is 16.6. The van der Waals surface area contributed by atoms with Crippen LogP contribution in [-0.4, -0.2) is 19.7 Å². The minimum absolute atomic E-state index is 0.0741. The number of aromatic nitrogens is 3. The number of hydrogen-bond donors (Lipinski definition) is 0. The van der Waals surface area contributed by atoms with Crippen LogP contribution in [0.2, 0.25) is 0 Å². The van der Waals surface area contributed by atoms with Gasteiger partial charge in [-0.05, 0) is 25.1 Å². The maximum absolute atomic E-state index is 11.0. The average Bonchev–Trinajstić information content (AvgIpc) is 2.83. The number of nitrogens with zero attached hydrogens (tertiary/aromatic N) is 4. The maximum Gasteiger partial charge on any atom is 0.277 e. The summed E-state index contributed by atoms with van der Waals surface area (Å²) in [5, 5.41) is 16.6. The number of nitro benzene ring substituents is 1. The molecule has 0 atom stereocenters. The van der Waals surface area contributed by atoms with Gasteiger partial charge in [0.15, 0.2) is 0 Å². The molecular formula is C13H10N4O2. The second-order valence-electron chi connectivity index (χ2n) is 4.18. The number of hydrogen-bond acceptors (Lipinski definition) is 4. The fraction of sp³-hybridized carbons (Fsp3) is 0.0769. The summed E-state index contributed by atoms with van der Waals surface area (Å²) < 4.78 is 1.70. The van der Waals surface area contributed by atoms with Crippen LogP contribution >= 0.6 is 0 Å². The third kappa shape index (κ3) is 1.83. The summed E-state index contributed by atoms with van der Waals surface area (Å²) >= 11 is 0. The smallest absolute Gasteiger partial charge is 0.264 e. The van der Waals surface area contributed by atoms with Crippen molar-refractivity contribution in [2.75, 3.05) is 0 Å². The summed E-state index contributed by atoms with van der Waals surface area (Å²) in [6.45, 7) is 1.89. The molecular weight excluding hydrogens is 244 g/mol. The number of nitro groups is 1. The number of rotatable bonds is 2. The normalized spacial score (nSPS) is 10.8. The molecule has 2 aromatic heterocycles. The fourth-order valence-corrected chi connectivity index (χ4v) is 2.07. The molecule has 0 unspecified atom stereocenters. The number of pyridine rings is 1. The Bertz CT molecular complexity index is 779. The van der Waals surface area contributed by atoms with Crippen LogP contribution in [0.3, 0.4) is 0 Å². The number of aryl methyl sites for hydroxylation is 1. The third-order valence-electron chi connectivity index (χ3n) is 2.94. The van der Waals surface area contributed by atoms with Gasteiger partial charge in [0, 0.05) is 30.0 Å². The van der Waals surface area contributed by atoms with Crippen LogP contribution < -0.4 is 0 Å². The van der Waals surface area contributed by atoms with E-state index in [0.29, 0.717) is 10.8 Å². The van der Waals surface area contributed by atoms with Crippen molar-refractivity contribution in [2.45, 2.75) is 6.92 Å². The number of fused-ring (bicyclic) bond motifs is 1. The van der Waals surface area contributed by atoms with Crippen LogP contribution in [0.1, 0.15) is 5.69 Å². The van der Waals surface area contributed by atoms with Crippen molar-refractivity contribution < 1.29 is 4.92 Å². The molecule has 0 amide bonds. The lowest BCUT2D eigenvalue weighted by Crippen LogP contribution is -1.98. The molecule has 2 heterocycles. The third-order valence-corrected chi connectivity index (χ3v) is 2.94. The van der Waals surface area contributed by atoms with Crippen LogP contribution in [0, 0.1) is 17.0 Å². The Kier molecular flexibility index (Phi) is 2.49. The second kappa shape index (κ2) is 4.16. The lowest BCUT2D eigenvalue weighted by Gasteiger charge is -2.06. The lowest BCUT2D eigenvalue weighted by atomic mass is 10.1. The molecule has 0 fully saturated rings. The predicted octanol–water partition coefficient (Wildman–Crippen LogP) is 2.64. The van der Waals surface area contributed by atoms with E-state index < -0.39 is 0 Å². The van der Waals surface area contributed by atoms with Crippen LogP contribution in [0.25, 0.3) is 16.5 Å². The van der Waals surface area contributed by atoms with Crippen molar-refractivity contribution >= 4 is 16.5 Å². The van der Waals surface area contributed by atoms with Gasteiger partial charge in [-0.3, -0.25) is 15.1 Å². The van der Waals surface area contributed by atoms with Gasteiger partial charge in [-0.15, -0.1) is 0 Å². The van der Waals surface area contributed by atoms with E-state index in [1.807, 2.05) is 19.2 Å². The highest BCUT2D eigenvalue weighted by Gasteiger charge is 2.15. The summed E-state index contributed by atoms with van der Waals surface area (Å²) in [6, 6.07) is 6.71. The minimum Gasteiger partial charge on any atom is -0.264 e. The topological polar surface area (TPSA) is 73.8 Å². The SMILES string of the molecule is Cc1ccn(-c2ccc([N+](=O)[O-])c3ccncc23)n1. The first-order valence-corrected chi connectivity index (χ1v) is 5.70. The quantitative estimate of drug-likeness (QED) is 0.520. The summed E-state index contributed by atoms with van der Waals surface area (Å²) in [6.07, 6.45) is 4.99. The summed E-state index contributed by atoms with van der Waals surface area (Å²) in [5.74, 6) is 0. The molecule has 0 N–H and O–H groups in total. The average molecular weight is 254 g/mol. The van der Waals surface area contributed by atoms with Crippen LogP contribution in [-0.2, 0) is 0 Å². The maximum atomic E-state index is 11.0. The number of benzene rings is 1. The van der Waals surface area contributed by atoms with Crippen molar-refractivity contribution in [3.8, 4) is 5.69 Å². The van der Waals surface area contributed by atoms with Gasteiger partial charge in [-0.25, -0.2) is 4.68 Å². The van der Waals surface area contributed by atoms with Crippen LogP contribution in [0.5, 0.6) is 0 Å². The molecule has 1 aromatic carbocycles. The molecule has 0 radical (unpaired) electrons. The monoisotopic (exact) mass is 254 g/mol. The van der Waals surface area contributed by atoms with Gasteiger partial charge in [-0.1, -0.05) is 0 Å². The van der Waals surface area contributed by atoms with Crippen molar-refractivity contribution in [3.05, 3.63) is 58.7 Å². The zero-order chi connectivity index (χ0) is 13.4. The standard InChI is InChI=1S/C13H10N4O2/c1-9-5-7-16(15-9)12-2-3-13(17(18)19)10-4-6-14-8-11(10)12/h2-8H,1H3. The zero-order valence-corrected chi connectivity index (χ0v) is 10.1. The van der Waals surface area contributed by atoms with E-state index in [9.17, 15) is 10.1 Å². The van der Waals surface area contributed by atoms with Gasteiger partial charge in [0.25, 0.3) is 5.69 Å². The van der Waals surface area contributed by atoms with Gasteiger partial charge < -0.3 is 0 Å². The van der Waals surface area contributed by atoms with Crippen LogP contribution in [0.4, 0.5) is 5.69 Å². The van der Waals surface area contributed by atoms with Gasteiger partial charge in [0.05, 0.1) is 21.7 Å². The minimum atomic E-state index is -0.388. The molecule has 94 valence electrons. The van der Waals surface area contributed by atoms with Gasteiger partial charge in [-0.2, -0.15) is 5.10 Å². The van der Waals surface area contributed by atoms with Gasteiger partial charge in [0.1, 0.15) is 0 Å². The number of non-ortho nitro benzene ring substituents is 1. The van der Waals surface area contributed by atoms with E-state index in [2.05, 4.69) is 10.1 Å². The van der Waals surface area contributed by atoms with Crippen molar-refractivity contribution in [1.29, 1.82) is 0 Å². The summed E-state index contributed by atoms with van der Waals surface area (Å²) in [7, 11) is 0. The Hall–Kier alpha value is -2.76. The van der Waals surface area contributed by atoms with Gasteiger partial charge in [0.2, 0.25) is 0 Å². The molecule has 6 nitrogen and oxygen atoms in total. The Morgan fingerprint density at radius 2 is 2.05 bits per heavy atom. The van der Waals surface area contributed by atoms with E-state index in [-0.39, 0.29) is 10.6 Å². The lowest BCUT2D eigenvalue weighted by molar-refractivity contribution is -0.383. The van der Waals surface area contributed by atoms with Gasteiger partial charge >= 0.3 is 0 Å². The zero-order valence-electron chi connectivity index (χ0n) is 10.1. The largest absolute Gasteiger partial charge is 0.277 e. The molecule has 0 saturated carbocycles. The summed E-state index contributed by atoms with van der Waals surface area (Å²) in [5.41, 5.74) is 1.74. The summed E-state index contributed by atoms with van der Waals surface area (Å²) in [4.78, 5) is 14.7. The highest BCUT2D eigenvalue weighted by molar-refractivity contribution is 5.96. The molecule has 0 saturated heterocycles. The second-order valence-corrected chi connectivity index (χ2v) is 4.18. The van der Waals surface area contributed by atoms with Crippen molar-refractivity contribution in [2.24, 2.45) is 0 Å². The molecule has 19 heavy (non-hydrogen) atoms. The first-order valence-electron chi connectivity index (χ1n) is 5.70. The predicted molar refractivity (Wildman–Crippen MR) is 70.3 cm³/mol. The fourth-order valence-electron chi connectivity index (χ4n) is 2.07. The van der Waals surface area contributed by atoms with E-state index >= 15 is 0 Å². The first-order chi connectivity index (χ1) is 9.16. The molecule has 0 aliphatic carbocycles. The molecule has 3 aromatic rings. The molecule has 0 aliphatic heterocycles.